The van der Waals surface area contributed by atoms with Gasteiger partial charge >= 0.3 is 0 Å². The zero-order chi connectivity index (χ0) is 15.9. The van der Waals surface area contributed by atoms with Crippen molar-refractivity contribution in [3.63, 3.8) is 0 Å². The Morgan fingerprint density at radius 1 is 1.27 bits per heavy atom. The second kappa shape index (κ2) is 7.98. The summed E-state index contributed by atoms with van der Waals surface area (Å²) in [6.07, 6.45) is 0.931. The van der Waals surface area contributed by atoms with Crippen LogP contribution in [0.3, 0.4) is 0 Å². The maximum Gasteiger partial charge on any atom is 0.233 e. The van der Waals surface area contributed by atoms with E-state index in [1.807, 2.05) is 45.0 Å². The number of carbonyl (C=O) groups is 1. The largest absolute Gasteiger partial charge is 0.370 e. The Morgan fingerprint density at radius 2 is 2.05 bits per heavy atom. The molecule has 22 heavy (non-hydrogen) atoms. The van der Waals surface area contributed by atoms with Gasteiger partial charge in [0.1, 0.15) is 5.82 Å². The fourth-order valence-corrected chi connectivity index (χ4v) is 2.82. The lowest BCUT2D eigenvalue weighted by Gasteiger charge is -2.12. The second-order valence-corrected chi connectivity index (χ2v) is 6.26. The first-order valence-electron chi connectivity index (χ1n) is 7.60. The summed E-state index contributed by atoms with van der Waals surface area (Å²) < 4.78 is 0. The van der Waals surface area contributed by atoms with Crippen molar-refractivity contribution in [2.75, 3.05) is 18.4 Å². The lowest BCUT2D eigenvalue weighted by Crippen LogP contribution is -2.31. The van der Waals surface area contributed by atoms with Crippen LogP contribution in [0.15, 0.2) is 29.4 Å². The highest BCUT2D eigenvalue weighted by molar-refractivity contribution is 8.00. The summed E-state index contributed by atoms with van der Waals surface area (Å²) in [6.45, 7) is 7.43. The SMILES string of the molecule is CCCNC(=O)C(C)Sc1nc(NCC)c2ccccc2n1. The van der Waals surface area contributed by atoms with E-state index >= 15 is 0 Å². The predicted molar refractivity (Wildman–Crippen MR) is 92.3 cm³/mol. The van der Waals surface area contributed by atoms with Crippen LogP contribution in [-0.2, 0) is 4.79 Å². The Hall–Kier alpha value is -1.82. The molecule has 0 bridgehead atoms. The summed E-state index contributed by atoms with van der Waals surface area (Å²) in [5, 5.41) is 7.56. The van der Waals surface area contributed by atoms with Crippen LogP contribution in [0.1, 0.15) is 27.2 Å². The minimum atomic E-state index is -0.220. The number of carbonyl (C=O) groups excluding carboxylic acids is 1. The van der Waals surface area contributed by atoms with Gasteiger partial charge in [0.15, 0.2) is 5.16 Å². The van der Waals surface area contributed by atoms with Crippen LogP contribution in [0.2, 0.25) is 0 Å². The molecule has 0 aliphatic rings. The first-order valence-corrected chi connectivity index (χ1v) is 8.48. The van der Waals surface area contributed by atoms with Crippen molar-refractivity contribution in [2.24, 2.45) is 0 Å². The van der Waals surface area contributed by atoms with Gasteiger partial charge in [0.25, 0.3) is 0 Å². The fraction of sp³-hybridized carbons (Fsp3) is 0.438. The van der Waals surface area contributed by atoms with Gasteiger partial charge in [0.2, 0.25) is 5.91 Å². The highest BCUT2D eigenvalue weighted by atomic mass is 32.2. The van der Waals surface area contributed by atoms with Gasteiger partial charge in [-0.25, -0.2) is 9.97 Å². The van der Waals surface area contributed by atoms with E-state index in [4.69, 9.17) is 0 Å². The summed E-state index contributed by atoms with van der Waals surface area (Å²) in [7, 11) is 0. The molecular weight excluding hydrogens is 296 g/mol. The van der Waals surface area contributed by atoms with Gasteiger partial charge in [-0.15, -0.1) is 0 Å². The molecule has 1 heterocycles. The fourth-order valence-electron chi connectivity index (χ4n) is 2.01. The molecule has 0 fully saturated rings. The first-order chi connectivity index (χ1) is 10.7. The van der Waals surface area contributed by atoms with Gasteiger partial charge in [-0.1, -0.05) is 30.8 Å². The van der Waals surface area contributed by atoms with E-state index in [1.54, 1.807) is 0 Å². The Morgan fingerprint density at radius 3 is 2.77 bits per heavy atom. The third-order valence-corrected chi connectivity index (χ3v) is 4.09. The van der Waals surface area contributed by atoms with E-state index in [1.165, 1.54) is 11.8 Å². The van der Waals surface area contributed by atoms with Crippen LogP contribution in [0, 0.1) is 0 Å². The van der Waals surface area contributed by atoms with Crippen molar-refractivity contribution in [2.45, 2.75) is 37.6 Å². The van der Waals surface area contributed by atoms with Crippen LogP contribution in [0.25, 0.3) is 10.9 Å². The zero-order valence-corrected chi connectivity index (χ0v) is 14.0. The van der Waals surface area contributed by atoms with Crippen molar-refractivity contribution in [1.82, 2.24) is 15.3 Å². The summed E-state index contributed by atoms with van der Waals surface area (Å²) in [5.74, 6) is 0.838. The average molecular weight is 318 g/mol. The molecule has 6 heteroatoms. The number of nitrogens with zero attached hydrogens (tertiary/aromatic N) is 2. The van der Waals surface area contributed by atoms with E-state index in [9.17, 15) is 4.79 Å². The summed E-state index contributed by atoms with van der Waals surface area (Å²) in [4.78, 5) is 21.1. The standard InChI is InChI=1S/C16H22N4OS/c1-4-10-18-15(21)11(3)22-16-19-13-9-7-6-8-12(13)14(20-16)17-5-2/h6-9,11H,4-5,10H2,1-3H3,(H,18,21)(H,17,19,20). The molecule has 0 aliphatic heterocycles. The number of para-hydroxylation sites is 1. The molecule has 0 saturated heterocycles. The van der Waals surface area contributed by atoms with Crippen LogP contribution < -0.4 is 10.6 Å². The summed E-state index contributed by atoms with van der Waals surface area (Å²) in [6, 6.07) is 7.89. The van der Waals surface area contributed by atoms with E-state index in [0.29, 0.717) is 11.7 Å². The van der Waals surface area contributed by atoms with Crippen LogP contribution >= 0.6 is 11.8 Å². The highest BCUT2D eigenvalue weighted by Gasteiger charge is 2.16. The Labute approximate surface area is 135 Å². The highest BCUT2D eigenvalue weighted by Crippen LogP contribution is 2.26. The lowest BCUT2D eigenvalue weighted by molar-refractivity contribution is -0.120. The molecular formula is C16H22N4OS. The predicted octanol–water partition coefficient (Wildman–Crippen LogP) is 3.07. The Bertz CT molecular complexity index is 647. The third kappa shape index (κ3) is 4.10. The molecule has 2 rings (SSSR count). The maximum absolute atomic E-state index is 12.0. The van der Waals surface area contributed by atoms with Gasteiger partial charge in [-0.3, -0.25) is 4.79 Å². The molecule has 1 amide bonds. The molecule has 1 aromatic heterocycles. The van der Waals surface area contributed by atoms with Crippen LogP contribution in [-0.4, -0.2) is 34.2 Å². The molecule has 1 unspecified atom stereocenters. The number of thioether (sulfide) groups is 1. The maximum atomic E-state index is 12.0. The molecule has 0 spiro atoms. The number of fused-ring (bicyclic) bond motifs is 1. The van der Waals surface area contributed by atoms with Crippen molar-refractivity contribution >= 4 is 34.4 Å². The minimum Gasteiger partial charge on any atom is -0.370 e. The van der Waals surface area contributed by atoms with Crippen LogP contribution in [0.4, 0.5) is 5.82 Å². The van der Waals surface area contributed by atoms with Gasteiger partial charge in [0, 0.05) is 18.5 Å². The number of hydrogen-bond acceptors (Lipinski definition) is 5. The number of rotatable bonds is 7. The van der Waals surface area contributed by atoms with Gasteiger partial charge in [0.05, 0.1) is 10.8 Å². The lowest BCUT2D eigenvalue weighted by atomic mass is 10.2. The first kappa shape index (κ1) is 16.5. The Kier molecular flexibility index (Phi) is 6.00. The molecule has 1 aromatic carbocycles. The Balaban J connectivity index is 2.22. The molecule has 0 aliphatic carbocycles. The number of amides is 1. The van der Waals surface area contributed by atoms with E-state index in [2.05, 4.69) is 20.6 Å². The molecule has 118 valence electrons. The van der Waals surface area contributed by atoms with Crippen molar-refractivity contribution < 1.29 is 4.79 Å². The number of hydrogen-bond donors (Lipinski definition) is 2. The number of benzene rings is 1. The minimum absolute atomic E-state index is 0.0219. The zero-order valence-electron chi connectivity index (χ0n) is 13.2. The van der Waals surface area contributed by atoms with Crippen molar-refractivity contribution in [1.29, 1.82) is 0 Å². The van der Waals surface area contributed by atoms with Crippen LogP contribution in [0.5, 0.6) is 0 Å². The van der Waals surface area contributed by atoms with E-state index < -0.39 is 0 Å². The smallest absolute Gasteiger partial charge is 0.233 e. The molecule has 5 nitrogen and oxygen atoms in total. The normalized spacial score (nSPS) is 12.1. The molecule has 2 aromatic rings. The van der Waals surface area contributed by atoms with Crippen molar-refractivity contribution in [3.05, 3.63) is 24.3 Å². The summed E-state index contributed by atoms with van der Waals surface area (Å²) in [5.41, 5.74) is 0.886. The number of anilines is 1. The molecule has 1 atom stereocenters. The monoisotopic (exact) mass is 318 g/mol. The van der Waals surface area contributed by atoms with Gasteiger partial charge in [-0.2, -0.15) is 0 Å². The van der Waals surface area contributed by atoms with Gasteiger partial charge in [-0.05, 0) is 32.4 Å². The molecule has 0 saturated carbocycles. The second-order valence-electron chi connectivity index (χ2n) is 4.95. The number of nitrogens with one attached hydrogen (secondary N) is 2. The van der Waals surface area contributed by atoms with Crippen molar-refractivity contribution in [3.8, 4) is 0 Å². The number of aromatic nitrogens is 2. The topological polar surface area (TPSA) is 66.9 Å². The molecule has 0 radical (unpaired) electrons. The molecule has 2 N–H and O–H groups in total. The van der Waals surface area contributed by atoms with E-state index in [0.717, 1.165) is 29.7 Å². The average Bonchev–Trinajstić information content (AvgIpc) is 2.52. The van der Waals surface area contributed by atoms with E-state index in [-0.39, 0.29) is 11.2 Å². The van der Waals surface area contributed by atoms with Gasteiger partial charge < -0.3 is 10.6 Å². The quantitative estimate of drug-likeness (QED) is 0.606. The summed E-state index contributed by atoms with van der Waals surface area (Å²) >= 11 is 1.38. The third-order valence-electron chi connectivity index (χ3n) is 3.13.